The van der Waals surface area contributed by atoms with Crippen LogP contribution in [-0.4, -0.2) is 95.9 Å². The van der Waals surface area contributed by atoms with Crippen LogP contribution in [0.25, 0.3) is 0 Å². The monoisotopic (exact) mass is 996 g/mol. The molecule has 0 aromatic heterocycles. The molecule has 18 nitrogen and oxygen atoms in total. The molecule has 4 aromatic carbocycles. The maximum atomic E-state index is 15.1. The molecule has 0 radical (unpaired) electrons. The highest BCUT2D eigenvalue weighted by Crippen LogP contribution is 2.58. The number of carboxylic acids is 2. The van der Waals surface area contributed by atoms with Gasteiger partial charge in [0.15, 0.2) is 5.78 Å². The van der Waals surface area contributed by atoms with Gasteiger partial charge in [0, 0.05) is 22.3 Å². The highest BCUT2D eigenvalue weighted by molar-refractivity contribution is 6.22. The zero-order valence-corrected chi connectivity index (χ0v) is 43.7. The van der Waals surface area contributed by atoms with Crippen molar-refractivity contribution < 1.29 is 87.1 Å². The normalized spacial score (nSPS) is 19.1. The standard InChI is InChI=1S/C54H60O18/c1-20-23(4)38(27(8)42(65-15)33(20)47(56)57)69-49(60)35-22(3)25(6)40(29(10)44(35)67-17)71-51(62)37-31(12)53(14,63)54(64)52(13,46(37)55)19-32-26(7)36(45(68-18)30(11)41(32)72-54)50(61)70-39-24(5)21(2)34(48(58)59)43(66-16)28(39)9/h63-64H,19H2,1-18H3,(H,56,57)(H,58,59). The minimum atomic E-state index is -2.72. The Morgan fingerprint density at radius 3 is 1.17 bits per heavy atom. The lowest BCUT2D eigenvalue weighted by Crippen LogP contribution is -2.73. The summed E-state index contributed by atoms with van der Waals surface area (Å²) >= 11 is 0. The van der Waals surface area contributed by atoms with Crippen molar-refractivity contribution in [2.24, 2.45) is 5.41 Å². The Morgan fingerprint density at radius 2 is 0.792 bits per heavy atom. The third-order valence-corrected chi connectivity index (χ3v) is 15.0. The van der Waals surface area contributed by atoms with Crippen LogP contribution in [0.5, 0.6) is 46.0 Å². The molecular formula is C54H60O18. The van der Waals surface area contributed by atoms with E-state index in [0.29, 0.717) is 22.3 Å². The first-order valence-electron chi connectivity index (χ1n) is 22.7. The summed E-state index contributed by atoms with van der Waals surface area (Å²) in [6, 6.07) is 0. The first-order valence-corrected chi connectivity index (χ1v) is 22.7. The third-order valence-electron chi connectivity index (χ3n) is 15.0. The van der Waals surface area contributed by atoms with Gasteiger partial charge in [-0.25, -0.2) is 24.0 Å². The second kappa shape index (κ2) is 18.6. The summed E-state index contributed by atoms with van der Waals surface area (Å²) in [5, 5.41) is 44.9. The lowest BCUT2D eigenvalue weighted by Gasteiger charge is -2.56. The highest BCUT2D eigenvalue weighted by atomic mass is 16.6. The van der Waals surface area contributed by atoms with E-state index < -0.39 is 64.4 Å². The lowest BCUT2D eigenvalue weighted by molar-refractivity contribution is -0.297. The van der Waals surface area contributed by atoms with Crippen molar-refractivity contribution in [3.63, 3.8) is 0 Å². The zero-order valence-electron chi connectivity index (χ0n) is 43.7. The molecule has 4 N–H and O–H groups in total. The van der Waals surface area contributed by atoms with E-state index in [2.05, 4.69) is 0 Å². The van der Waals surface area contributed by atoms with Crippen molar-refractivity contribution in [3.8, 4) is 46.0 Å². The number of methoxy groups -OCH3 is 4. The van der Waals surface area contributed by atoms with Gasteiger partial charge in [-0.05, 0) is 153 Å². The molecule has 0 saturated carbocycles. The summed E-state index contributed by atoms with van der Waals surface area (Å²) in [6.07, 6.45) is -0.391. The molecule has 1 heterocycles. The summed E-state index contributed by atoms with van der Waals surface area (Å²) in [4.78, 5) is 82.6. The predicted octanol–water partition coefficient (Wildman–Crippen LogP) is 7.83. The number of aliphatic hydroxyl groups is 2. The van der Waals surface area contributed by atoms with Crippen LogP contribution in [-0.2, 0) is 16.0 Å². The molecule has 3 unspecified atom stereocenters. The van der Waals surface area contributed by atoms with Crippen LogP contribution in [0.3, 0.4) is 0 Å². The molecule has 3 atom stereocenters. The molecule has 18 heteroatoms. The fourth-order valence-corrected chi connectivity index (χ4v) is 10.4. The fraction of sp³-hybridized carbons (Fsp3) is 0.407. The van der Waals surface area contributed by atoms with E-state index in [1.807, 2.05) is 0 Å². The van der Waals surface area contributed by atoms with Gasteiger partial charge >= 0.3 is 29.8 Å². The molecule has 1 aliphatic heterocycles. The zero-order chi connectivity index (χ0) is 54.3. The number of esters is 3. The van der Waals surface area contributed by atoms with Crippen LogP contribution in [0.15, 0.2) is 11.1 Å². The Balaban J connectivity index is 1.41. The number of benzene rings is 4. The summed E-state index contributed by atoms with van der Waals surface area (Å²) in [5.74, 6) is -9.10. The molecule has 72 heavy (non-hydrogen) atoms. The van der Waals surface area contributed by atoms with Gasteiger partial charge in [0.05, 0.1) is 28.4 Å². The number of aromatic carboxylic acids is 2. The van der Waals surface area contributed by atoms with E-state index in [0.717, 1.165) is 0 Å². The minimum absolute atomic E-state index is 0.00189. The highest BCUT2D eigenvalue weighted by Gasteiger charge is 2.71. The SMILES string of the molecule is COc1c(C)c(OC(=O)c2c(C)c(C)c(OC(=O)C3=C(C)C(C)(O)C4(O)Oc5c(C)c(OC)c(C(=O)Oc6c(C)c(C)c(C(=O)O)c(OC)c6C)c(C)c5CC4(C)C3=O)c(C)c2OC)c(C)c(C)c1C(=O)O. The van der Waals surface area contributed by atoms with Crippen LogP contribution < -0.4 is 37.9 Å². The van der Waals surface area contributed by atoms with Crippen molar-refractivity contribution in [1.82, 2.24) is 0 Å². The molecule has 384 valence electrons. The van der Waals surface area contributed by atoms with E-state index in [-0.39, 0.29) is 118 Å². The van der Waals surface area contributed by atoms with Gasteiger partial charge in [-0.3, -0.25) is 4.79 Å². The molecular weight excluding hydrogens is 937 g/mol. The van der Waals surface area contributed by atoms with Crippen molar-refractivity contribution in [2.45, 2.75) is 115 Å². The summed E-state index contributed by atoms with van der Waals surface area (Å²) in [6.45, 7) is 21.1. The van der Waals surface area contributed by atoms with Crippen LogP contribution in [0, 0.1) is 81.6 Å². The quantitative estimate of drug-likeness (QED) is 0.0599. The maximum absolute atomic E-state index is 15.1. The molecule has 1 aliphatic carbocycles. The fourth-order valence-electron chi connectivity index (χ4n) is 10.4. The number of ether oxygens (including phenoxy) is 8. The molecule has 0 fully saturated rings. The molecule has 2 aliphatic rings. The molecule has 6 rings (SSSR count). The Bertz CT molecular complexity index is 3150. The van der Waals surface area contributed by atoms with Crippen molar-refractivity contribution in [3.05, 3.63) is 100 Å². The average molecular weight is 997 g/mol. The number of carboxylic acid groups (broad SMARTS) is 2. The first kappa shape index (κ1) is 53.9. The van der Waals surface area contributed by atoms with E-state index in [1.165, 1.54) is 56.1 Å². The van der Waals surface area contributed by atoms with Gasteiger partial charge in [-0.15, -0.1) is 0 Å². The van der Waals surface area contributed by atoms with Crippen molar-refractivity contribution in [2.75, 3.05) is 28.4 Å². The van der Waals surface area contributed by atoms with E-state index in [4.69, 9.17) is 37.9 Å². The van der Waals surface area contributed by atoms with Gasteiger partial charge in [0.2, 0.25) is 0 Å². The molecule has 4 aromatic rings. The van der Waals surface area contributed by atoms with Crippen LogP contribution in [0.4, 0.5) is 0 Å². The summed E-state index contributed by atoms with van der Waals surface area (Å²) in [5.41, 5.74) is -2.48. The van der Waals surface area contributed by atoms with Gasteiger partial charge in [-0.2, -0.15) is 0 Å². The van der Waals surface area contributed by atoms with Crippen LogP contribution in [0.1, 0.15) is 129 Å². The number of fused-ring (bicyclic) bond motifs is 2. The van der Waals surface area contributed by atoms with Gasteiger partial charge in [0.1, 0.15) is 84.8 Å². The first-order chi connectivity index (χ1) is 33.4. The Hall–Kier alpha value is -7.44. The second-order valence-corrected chi connectivity index (χ2v) is 18.7. The smallest absolute Gasteiger partial charge is 0.347 e. The number of carbonyl (C=O) groups is 6. The number of hydrogen-bond acceptors (Lipinski definition) is 16. The van der Waals surface area contributed by atoms with Crippen molar-refractivity contribution >= 4 is 35.6 Å². The lowest BCUT2D eigenvalue weighted by atomic mass is 9.57. The predicted molar refractivity (Wildman–Crippen MR) is 259 cm³/mol. The minimum Gasteiger partial charge on any atom is -0.495 e. The van der Waals surface area contributed by atoms with Gasteiger partial charge in [-0.1, -0.05) is 0 Å². The number of hydrogen-bond donors (Lipinski definition) is 4. The van der Waals surface area contributed by atoms with Crippen LogP contribution in [0.2, 0.25) is 0 Å². The summed E-state index contributed by atoms with van der Waals surface area (Å²) < 4.78 is 46.7. The van der Waals surface area contributed by atoms with E-state index >= 15 is 4.79 Å². The molecule has 0 spiro atoms. The molecule has 0 saturated heterocycles. The topological polar surface area (TPSA) is 257 Å². The maximum Gasteiger partial charge on any atom is 0.347 e. The number of rotatable bonds is 12. The second-order valence-electron chi connectivity index (χ2n) is 18.7. The Kier molecular flexibility index (Phi) is 13.9. The third kappa shape index (κ3) is 7.61. The Labute approximate surface area is 416 Å². The van der Waals surface area contributed by atoms with E-state index in [1.54, 1.807) is 69.2 Å². The average Bonchev–Trinajstić information content (AvgIpc) is 3.31. The number of Topliss-reactive ketones (excluding diaryl/α,β-unsaturated/α-hetero) is 1. The van der Waals surface area contributed by atoms with Crippen molar-refractivity contribution in [1.29, 1.82) is 0 Å². The van der Waals surface area contributed by atoms with Gasteiger partial charge < -0.3 is 58.3 Å². The molecule has 0 amide bonds. The molecule has 0 bridgehead atoms. The largest absolute Gasteiger partial charge is 0.495 e. The Morgan fingerprint density at radius 1 is 0.458 bits per heavy atom. The van der Waals surface area contributed by atoms with Crippen LogP contribution >= 0.6 is 0 Å². The number of carbonyl (C=O) groups excluding carboxylic acids is 4. The summed E-state index contributed by atoms with van der Waals surface area (Å²) in [7, 11) is 5.22. The van der Waals surface area contributed by atoms with E-state index in [9.17, 15) is 44.4 Å². The van der Waals surface area contributed by atoms with Gasteiger partial charge in [0.25, 0.3) is 5.79 Å². The number of ketones is 1.